The van der Waals surface area contributed by atoms with Gasteiger partial charge in [0.05, 0.1) is 12.1 Å². The Bertz CT molecular complexity index is 462. The van der Waals surface area contributed by atoms with Crippen molar-refractivity contribution in [2.75, 3.05) is 0 Å². The molecule has 7 heteroatoms. The third-order valence-electron chi connectivity index (χ3n) is 3.07. The first-order chi connectivity index (χ1) is 10.4. The minimum Gasteiger partial charge on any atom is -0.444 e. The van der Waals surface area contributed by atoms with Crippen molar-refractivity contribution in [3.63, 3.8) is 0 Å². The summed E-state index contributed by atoms with van der Waals surface area (Å²) < 4.78 is 10.4. The van der Waals surface area contributed by atoms with Crippen LogP contribution in [-0.4, -0.2) is 41.3 Å². The van der Waals surface area contributed by atoms with E-state index in [2.05, 4.69) is 10.6 Å². The van der Waals surface area contributed by atoms with Gasteiger partial charge in [0.2, 0.25) is 0 Å². The molecule has 1 aliphatic rings. The number of hydrogen-bond acceptors (Lipinski definition) is 5. The number of Topliss-reactive ketones (excluding diaryl/α,β-unsaturated/α-hetero) is 1. The maximum Gasteiger partial charge on any atom is 0.407 e. The SMILES string of the molecule is CC(C)(C)OC(=O)NC1CCC(=O)CC1NC(=O)OC(C)(C)C. The molecule has 0 aromatic heterocycles. The van der Waals surface area contributed by atoms with Crippen molar-refractivity contribution in [2.45, 2.75) is 84.1 Å². The second-order valence-corrected chi connectivity index (χ2v) is 7.79. The Balaban J connectivity index is 2.66. The highest BCUT2D eigenvalue weighted by Gasteiger charge is 2.33. The number of ether oxygens (including phenoxy) is 2. The Hall–Kier alpha value is -1.79. The third kappa shape index (κ3) is 7.85. The predicted molar refractivity (Wildman–Crippen MR) is 85.2 cm³/mol. The van der Waals surface area contributed by atoms with Gasteiger partial charge < -0.3 is 20.1 Å². The number of rotatable bonds is 2. The molecule has 2 amide bonds. The normalized spacial score (nSPS) is 22.3. The molecule has 2 N–H and O–H groups in total. The first kappa shape index (κ1) is 19.3. The van der Waals surface area contributed by atoms with Gasteiger partial charge in [0.15, 0.2) is 0 Å². The predicted octanol–water partition coefficient (Wildman–Crippen LogP) is 2.53. The van der Waals surface area contributed by atoms with Crippen molar-refractivity contribution in [1.82, 2.24) is 10.6 Å². The zero-order valence-electron chi connectivity index (χ0n) is 14.8. The lowest BCUT2D eigenvalue weighted by Crippen LogP contribution is -2.56. The van der Waals surface area contributed by atoms with E-state index in [-0.39, 0.29) is 18.2 Å². The molecular formula is C16H28N2O5. The van der Waals surface area contributed by atoms with Gasteiger partial charge in [-0.25, -0.2) is 9.59 Å². The van der Waals surface area contributed by atoms with Gasteiger partial charge in [0.25, 0.3) is 0 Å². The van der Waals surface area contributed by atoms with Crippen molar-refractivity contribution in [1.29, 1.82) is 0 Å². The summed E-state index contributed by atoms with van der Waals surface area (Å²) in [6.45, 7) is 10.6. The first-order valence-corrected chi connectivity index (χ1v) is 7.86. The van der Waals surface area contributed by atoms with E-state index in [9.17, 15) is 14.4 Å². The molecule has 0 heterocycles. The lowest BCUT2D eigenvalue weighted by molar-refractivity contribution is -0.121. The van der Waals surface area contributed by atoms with Crippen LogP contribution in [0, 0.1) is 0 Å². The molecule has 0 aliphatic heterocycles. The Morgan fingerprint density at radius 3 is 1.78 bits per heavy atom. The molecule has 1 rings (SSSR count). The average molecular weight is 328 g/mol. The molecule has 2 unspecified atom stereocenters. The standard InChI is InChI=1S/C16H28N2O5/c1-15(2,3)22-13(20)17-11-8-7-10(19)9-12(11)18-14(21)23-16(4,5)6/h11-12H,7-9H2,1-6H3,(H,17,20)(H,18,21). The van der Waals surface area contributed by atoms with Crippen LogP contribution < -0.4 is 10.6 Å². The second kappa shape index (κ2) is 7.19. The van der Waals surface area contributed by atoms with Crippen LogP contribution in [0.3, 0.4) is 0 Å². The average Bonchev–Trinajstić information content (AvgIpc) is 2.27. The van der Waals surface area contributed by atoms with E-state index >= 15 is 0 Å². The van der Waals surface area contributed by atoms with E-state index in [1.165, 1.54) is 0 Å². The summed E-state index contributed by atoms with van der Waals surface area (Å²) in [7, 11) is 0. The molecule has 7 nitrogen and oxygen atoms in total. The molecule has 0 aromatic rings. The Kier molecular flexibility index (Phi) is 6.02. The van der Waals surface area contributed by atoms with Gasteiger partial charge in [-0.15, -0.1) is 0 Å². The first-order valence-electron chi connectivity index (χ1n) is 7.86. The molecule has 0 saturated heterocycles. The van der Waals surface area contributed by atoms with E-state index in [1.807, 2.05) is 0 Å². The summed E-state index contributed by atoms with van der Waals surface area (Å²) in [4.78, 5) is 35.5. The van der Waals surface area contributed by atoms with Crippen LogP contribution in [0.5, 0.6) is 0 Å². The molecular weight excluding hydrogens is 300 g/mol. The maximum absolute atomic E-state index is 11.9. The van der Waals surface area contributed by atoms with Gasteiger partial charge >= 0.3 is 12.2 Å². The molecule has 1 aliphatic carbocycles. The monoisotopic (exact) mass is 328 g/mol. The van der Waals surface area contributed by atoms with Crippen molar-refractivity contribution >= 4 is 18.0 Å². The largest absolute Gasteiger partial charge is 0.444 e. The van der Waals surface area contributed by atoms with Gasteiger partial charge in [0, 0.05) is 12.8 Å². The number of alkyl carbamates (subject to hydrolysis) is 2. The van der Waals surface area contributed by atoms with Gasteiger partial charge in [-0.05, 0) is 48.0 Å². The van der Waals surface area contributed by atoms with Crippen LogP contribution >= 0.6 is 0 Å². The van der Waals surface area contributed by atoms with E-state index < -0.39 is 29.4 Å². The number of amides is 2. The van der Waals surface area contributed by atoms with Crippen LogP contribution in [0.2, 0.25) is 0 Å². The highest BCUT2D eigenvalue weighted by Crippen LogP contribution is 2.18. The molecule has 1 saturated carbocycles. The minimum atomic E-state index is -0.628. The maximum atomic E-state index is 11.9. The Morgan fingerprint density at radius 1 is 0.913 bits per heavy atom. The molecule has 132 valence electrons. The highest BCUT2D eigenvalue weighted by atomic mass is 16.6. The molecule has 1 fully saturated rings. The van der Waals surface area contributed by atoms with Crippen molar-refractivity contribution in [2.24, 2.45) is 0 Å². The van der Waals surface area contributed by atoms with E-state index in [1.54, 1.807) is 41.5 Å². The fourth-order valence-corrected chi connectivity index (χ4v) is 2.25. The Labute approximate surface area is 137 Å². The van der Waals surface area contributed by atoms with E-state index in [4.69, 9.17) is 9.47 Å². The van der Waals surface area contributed by atoms with Gasteiger partial charge in [-0.1, -0.05) is 0 Å². The Morgan fingerprint density at radius 2 is 1.35 bits per heavy atom. The fraction of sp³-hybridized carbons (Fsp3) is 0.812. The number of ketones is 1. The number of hydrogen-bond donors (Lipinski definition) is 2. The molecule has 0 radical (unpaired) electrons. The minimum absolute atomic E-state index is 0.0493. The molecule has 0 spiro atoms. The molecule has 0 aromatic carbocycles. The quantitative estimate of drug-likeness (QED) is 0.812. The number of carbonyl (C=O) groups is 3. The molecule has 23 heavy (non-hydrogen) atoms. The zero-order valence-corrected chi connectivity index (χ0v) is 14.8. The number of carbonyl (C=O) groups excluding carboxylic acids is 3. The number of nitrogens with one attached hydrogen (secondary N) is 2. The van der Waals surface area contributed by atoms with Crippen LogP contribution in [0.4, 0.5) is 9.59 Å². The van der Waals surface area contributed by atoms with E-state index in [0.717, 1.165) is 0 Å². The topological polar surface area (TPSA) is 93.7 Å². The van der Waals surface area contributed by atoms with Crippen molar-refractivity contribution in [3.8, 4) is 0 Å². The highest BCUT2D eigenvalue weighted by molar-refractivity contribution is 5.81. The second-order valence-electron chi connectivity index (χ2n) is 7.79. The van der Waals surface area contributed by atoms with Gasteiger partial charge in [-0.2, -0.15) is 0 Å². The lowest BCUT2D eigenvalue weighted by atomic mass is 9.89. The third-order valence-corrected chi connectivity index (χ3v) is 3.07. The fourth-order valence-electron chi connectivity index (χ4n) is 2.25. The smallest absolute Gasteiger partial charge is 0.407 e. The summed E-state index contributed by atoms with van der Waals surface area (Å²) in [5, 5.41) is 5.40. The van der Waals surface area contributed by atoms with Gasteiger partial charge in [-0.3, -0.25) is 4.79 Å². The molecule has 0 bridgehead atoms. The van der Waals surface area contributed by atoms with Crippen molar-refractivity contribution < 1.29 is 23.9 Å². The van der Waals surface area contributed by atoms with Crippen LogP contribution in [0.25, 0.3) is 0 Å². The lowest BCUT2D eigenvalue weighted by Gasteiger charge is -2.33. The van der Waals surface area contributed by atoms with Crippen LogP contribution in [0.15, 0.2) is 0 Å². The summed E-state index contributed by atoms with van der Waals surface area (Å²) >= 11 is 0. The zero-order chi connectivity index (χ0) is 17.8. The van der Waals surface area contributed by atoms with E-state index in [0.29, 0.717) is 12.8 Å². The van der Waals surface area contributed by atoms with Crippen LogP contribution in [0.1, 0.15) is 60.8 Å². The summed E-state index contributed by atoms with van der Waals surface area (Å²) in [6, 6.07) is -0.867. The van der Waals surface area contributed by atoms with Gasteiger partial charge in [0.1, 0.15) is 17.0 Å². The van der Waals surface area contributed by atoms with Crippen molar-refractivity contribution in [3.05, 3.63) is 0 Å². The van der Waals surface area contributed by atoms with Crippen LogP contribution in [-0.2, 0) is 14.3 Å². The molecule has 2 atom stereocenters. The summed E-state index contributed by atoms with van der Waals surface area (Å²) in [6.07, 6.45) is -0.174. The summed E-state index contributed by atoms with van der Waals surface area (Å²) in [5.41, 5.74) is -1.24. The summed E-state index contributed by atoms with van der Waals surface area (Å²) in [5.74, 6) is 0.0493.